The van der Waals surface area contributed by atoms with Gasteiger partial charge < -0.3 is 9.47 Å². The van der Waals surface area contributed by atoms with E-state index < -0.39 is 35.1 Å². The molecule has 9 nitrogen and oxygen atoms in total. The molecule has 0 radical (unpaired) electrons. The van der Waals surface area contributed by atoms with Crippen LogP contribution in [0.1, 0.15) is 59.3 Å². The van der Waals surface area contributed by atoms with Crippen LogP contribution in [0.2, 0.25) is 0 Å². The quantitative estimate of drug-likeness (QED) is 0.214. The smallest absolute Gasteiger partial charge is 0.331 e. The Bertz CT molecular complexity index is 2050. The Kier molecular flexibility index (Phi) is 7.66. The standard InChI is InChI=1S/C31H28BrF4N7O2/c1-5-18-11-19(6-2)43(39-18)30-38-26-14-41(28(44)17-7-8-23(32)22(10-17)31(34,35)36)16(3)9-21(26)29(45)42(30)20-12-24(33)27-25(13-20)37-15-40(27)4/h7-8,10-13,15-16H,5-6,9,14H2,1-4H3/t16-/m1/s1. The summed E-state index contributed by atoms with van der Waals surface area (Å²) in [7, 11) is 1.67. The van der Waals surface area contributed by atoms with Crippen LogP contribution < -0.4 is 5.56 Å². The molecule has 0 unspecified atom stereocenters. The Hall–Kier alpha value is -4.33. The summed E-state index contributed by atoms with van der Waals surface area (Å²) in [6.45, 7) is 5.48. The molecule has 3 aromatic heterocycles. The lowest BCUT2D eigenvalue weighted by Crippen LogP contribution is -2.46. The molecule has 4 heterocycles. The number of carbonyl (C=O) groups excluding carboxylic acids is 1. The van der Waals surface area contributed by atoms with E-state index in [9.17, 15) is 22.8 Å². The molecular formula is C31H28BrF4N7O2. The first-order valence-corrected chi connectivity index (χ1v) is 15.1. The normalized spacial score (nSPS) is 15.1. The number of rotatable bonds is 5. The summed E-state index contributed by atoms with van der Waals surface area (Å²) >= 11 is 2.92. The van der Waals surface area contributed by atoms with E-state index in [1.54, 1.807) is 29.3 Å². The molecule has 0 saturated heterocycles. The van der Waals surface area contributed by atoms with Gasteiger partial charge in [0, 0.05) is 40.4 Å². The third-order valence-electron chi connectivity index (χ3n) is 8.13. The monoisotopic (exact) mass is 685 g/mol. The number of benzene rings is 2. The second-order valence-corrected chi connectivity index (χ2v) is 11.9. The van der Waals surface area contributed by atoms with Gasteiger partial charge in [-0.05, 0) is 56.5 Å². The summed E-state index contributed by atoms with van der Waals surface area (Å²) < 4.78 is 60.4. The second kappa shape index (κ2) is 11.2. The summed E-state index contributed by atoms with van der Waals surface area (Å²) in [6.07, 6.45) is -1.91. The molecule has 0 saturated carbocycles. The summed E-state index contributed by atoms with van der Waals surface area (Å²) in [5.41, 5.74) is 1.43. The van der Waals surface area contributed by atoms with E-state index in [1.165, 1.54) is 34.0 Å². The number of alkyl halides is 3. The van der Waals surface area contributed by atoms with Crippen molar-refractivity contribution in [3.05, 3.63) is 97.1 Å². The first-order valence-electron chi connectivity index (χ1n) is 14.3. The summed E-state index contributed by atoms with van der Waals surface area (Å²) in [5, 5.41) is 4.68. The number of fused-ring (bicyclic) bond motifs is 2. The average molecular weight is 687 g/mol. The van der Waals surface area contributed by atoms with Gasteiger partial charge in [-0.2, -0.15) is 18.3 Å². The third-order valence-corrected chi connectivity index (χ3v) is 8.82. The van der Waals surface area contributed by atoms with Crippen LogP contribution in [0, 0.1) is 5.82 Å². The molecule has 1 aliphatic rings. The molecule has 1 amide bonds. The van der Waals surface area contributed by atoms with Crippen molar-refractivity contribution in [3.63, 3.8) is 0 Å². The number of halogens is 5. The lowest BCUT2D eigenvalue weighted by Gasteiger charge is -2.34. The van der Waals surface area contributed by atoms with Crippen LogP contribution in [0.15, 0.2) is 52.0 Å². The minimum atomic E-state index is -4.66. The molecular weight excluding hydrogens is 658 g/mol. The minimum absolute atomic E-state index is 0.0874. The average Bonchev–Trinajstić information content (AvgIpc) is 3.59. The first-order chi connectivity index (χ1) is 21.3. The maximum Gasteiger partial charge on any atom is 0.417 e. The lowest BCUT2D eigenvalue weighted by molar-refractivity contribution is -0.138. The topological polar surface area (TPSA) is 90.8 Å². The van der Waals surface area contributed by atoms with Crippen LogP contribution in [-0.4, -0.2) is 45.7 Å². The van der Waals surface area contributed by atoms with Crippen LogP contribution in [0.3, 0.4) is 0 Å². The van der Waals surface area contributed by atoms with Gasteiger partial charge in [-0.3, -0.25) is 9.59 Å². The number of carbonyl (C=O) groups is 1. The zero-order valence-corrected chi connectivity index (χ0v) is 26.4. The van der Waals surface area contributed by atoms with Crippen molar-refractivity contribution < 1.29 is 22.4 Å². The Morgan fingerprint density at radius 2 is 1.87 bits per heavy atom. The van der Waals surface area contributed by atoms with Crippen LogP contribution in [0.5, 0.6) is 0 Å². The molecule has 14 heteroatoms. The minimum Gasteiger partial charge on any atom is -0.331 e. The Balaban J connectivity index is 1.52. The van der Waals surface area contributed by atoms with E-state index in [1.807, 2.05) is 19.9 Å². The highest BCUT2D eigenvalue weighted by molar-refractivity contribution is 9.10. The largest absolute Gasteiger partial charge is 0.417 e. The summed E-state index contributed by atoms with van der Waals surface area (Å²) in [4.78, 5) is 38.5. The molecule has 2 aromatic carbocycles. The Morgan fingerprint density at radius 1 is 1.11 bits per heavy atom. The number of imidazole rings is 1. The van der Waals surface area contributed by atoms with Crippen molar-refractivity contribution in [2.75, 3.05) is 0 Å². The fourth-order valence-corrected chi connectivity index (χ4v) is 6.23. The molecule has 0 aliphatic carbocycles. The fraction of sp³-hybridized carbons (Fsp3) is 0.323. The van der Waals surface area contributed by atoms with E-state index in [4.69, 9.17) is 4.98 Å². The SMILES string of the molecule is CCc1cc(CC)n(-c2nc3c(c(=O)n2-c2cc(F)c4c(c2)ncn4C)C[C@@H](C)N(C(=O)c2ccc(Br)c(C(F)(F)F)c2)C3)n1. The second-order valence-electron chi connectivity index (χ2n) is 11.1. The van der Waals surface area contributed by atoms with E-state index in [2.05, 4.69) is 26.0 Å². The fourth-order valence-electron chi connectivity index (χ4n) is 5.76. The van der Waals surface area contributed by atoms with Crippen molar-refractivity contribution >= 4 is 32.9 Å². The maximum absolute atomic E-state index is 15.4. The molecule has 0 bridgehead atoms. The number of nitrogens with zero attached hydrogens (tertiary/aromatic N) is 7. The van der Waals surface area contributed by atoms with E-state index in [-0.39, 0.29) is 40.2 Å². The van der Waals surface area contributed by atoms with Gasteiger partial charge >= 0.3 is 6.18 Å². The molecule has 45 heavy (non-hydrogen) atoms. The Morgan fingerprint density at radius 3 is 2.56 bits per heavy atom. The van der Waals surface area contributed by atoms with E-state index in [0.717, 1.165) is 17.5 Å². The molecule has 5 aromatic rings. The van der Waals surface area contributed by atoms with Gasteiger partial charge in [0.1, 0.15) is 5.52 Å². The molecule has 1 aliphatic heterocycles. The first kappa shape index (κ1) is 30.7. The molecule has 0 spiro atoms. The predicted molar refractivity (Wildman–Crippen MR) is 162 cm³/mol. The van der Waals surface area contributed by atoms with E-state index in [0.29, 0.717) is 29.6 Å². The van der Waals surface area contributed by atoms with Gasteiger partial charge in [0.05, 0.1) is 41.0 Å². The number of hydrogen-bond donors (Lipinski definition) is 0. The van der Waals surface area contributed by atoms with Crippen molar-refractivity contribution in [2.24, 2.45) is 7.05 Å². The number of aryl methyl sites for hydroxylation is 3. The number of hydrogen-bond acceptors (Lipinski definition) is 5. The zero-order chi connectivity index (χ0) is 32.4. The summed E-state index contributed by atoms with van der Waals surface area (Å²) in [6, 6.07) is 7.56. The highest BCUT2D eigenvalue weighted by Crippen LogP contribution is 2.36. The molecule has 234 valence electrons. The van der Waals surface area contributed by atoms with Gasteiger partial charge in [-0.1, -0.05) is 29.8 Å². The van der Waals surface area contributed by atoms with Crippen molar-refractivity contribution in [2.45, 2.75) is 58.8 Å². The summed E-state index contributed by atoms with van der Waals surface area (Å²) in [5.74, 6) is -1.08. The van der Waals surface area contributed by atoms with Crippen LogP contribution in [-0.2, 0) is 39.0 Å². The molecule has 6 rings (SSSR count). The lowest BCUT2D eigenvalue weighted by atomic mass is 9.98. The number of amides is 1. The van der Waals surface area contributed by atoms with Crippen LogP contribution >= 0.6 is 15.9 Å². The van der Waals surface area contributed by atoms with Gasteiger partial charge in [-0.15, -0.1) is 0 Å². The van der Waals surface area contributed by atoms with Crippen molar-refractivity contribution in [1.82, 2.24) is 33.8 Å². The van der Waals surface area contributed by atoms with Gasteiger partial charge in [0.25, 0.3) is 11.5 Å². The van der Waals surface area contributed by atoms with Crippen molar-refractivity contribution in [1.29, 1.82) is 0 Å². The van der Waals surface area contributed by atoms with Gasteiger partial charge in [-0.25, -0.2) is 23.6 Å². The molecule has 0 N–H and O–H groups in total. The van der Waals surface area contributed by atoms with E-state index >= 15 is 4.39 Å². The number of aromatic nitrogens is 6. The van der Waals surface area contributed by atoms with Gasteiger partial charge in [0.15, 0.2) is 5.82 Å². The maximum atomic E-state index is 15.4. The van der Waals surface area contributed by atoms with Crippen molar-refractivity contribution in [3.8, 4) is 11.6 Å². The molecule has 0 fully saturated rings. The zero-order valence-electron chi connectivity index (χ0n) is 24.8. The Labute approximate surface area is 263 Å². The molecule has 1 atom stereocenters. The van der Waals surface area contributed by atoms with Gasteiger partial charge in [0.2, 0.25) is 5.95 Å². The predicted octanol–water partition coefficient (Wildman–Crippen LogP) is 5.94. The highest BCUT2D eigenvalue weighted by atomic mass is 79.9. The van der Waals surface area contributed by atoms with Crippen LogP contribution in [0.25, 0.3) is 22.7 Å². The highest BCUT2D eigenvalue weighted by Gasteiger charge is 2.36. The van der Waals surface area contributed by atoms with Crippen LogP contribution in [0.4, 0.5) is 17.6 Å². The third kappa shape index (κ3) is 5.24.